The van der Waals surface area contributed by atoms with Crippen molar-refractivity contribution in [2.24, 2.45) is 35.0 Å². The number of likely N-dealkylation sites (N-methyl/N-ethyl adjacent to an activating group) is 1. The molecule has 1 amide bonds. The molecule has 2 heterocycles. The van der Waals surface area contributed by atoms with Gasteiger partial charge < -0.3 is 9.64 Å². The molecule has 0 bridgehead atoms. The highest BCUT2D eigenvalue weighted by Crippen LogP contribution is 2.51. The number of amides is 1. The third-order valence-corrected chi connectivity index (χ3v) is 9.86. The predicted molar refractivity (Wildman–Crippen MR) is 191 cm³/mol. The number of carbonyl (C=O) groups is 1. The SMILES string of the molecule is [C-]#[N+]c1c(CC2C(CC(C)C)CC(C)CC2C(C)(C)C)c2nc(-c3cc(C)cc(C(C)(C)C)c3)[nH]n2c1OC(=O)N(C)CCOOC#C. The molecule has 0 aliphatic heterocycles. The third kappa shape index (κ3) is 8.36. The summed E-state index contributed by atoms with van der Waals surface area (Å²) in [5.41, 5.74) is 5.09. The summed E-state index contributed by atoms with van der Waals surface area (Å²) in [6, 6.07) is 6.47. The molecular formula is C39H55N5O4. The van der Waals surface area contributed by atoms with E-state index in [4.69, 9.17) is 27.6 Å². The van der Waals surface area contributed by atoms with E-state index in [0.29, 0.717) is 53.2 Å². The standard InChI is InChI=1S/C39H55N5O4/c1-14-46-47-16-15-43(13)37(45)48-36-33(40-12)31(23-30-27(17-24(2)3)18-26(5)21-32(30)39(9,10)11)35-41-34(42-44(35)36)28-19-25(4)20-29(22-28)38(6,7)8/h1,19-20,22,24,26-27,30,32H,15-18,21,23H2,2-11,13H3,(H,41,42). The summed E-state index contributed by atoms with van der Waals surface area (Å²) in [4.78, 5) is 33.3. The van der Waals surface area contributed by atoms with E-state index in [9.17, 15) is 4.79 Å². The van der Waals surface area contributed by atoms with Gasteiger partial charge in [0.1, 0.15) is 12.3 Å². The van der Waals surface area contributed by atoms with Crippen molar-refractivity contribution >= 4 is 17.4 Å². The number of H-pyrrole nitrogens is 1. The molecule has 1 fully saturated rings. The predicted octanol–water partition coefficient (Wildman–Crippen LogP) is 9.37. The van der Waals surface area contributed by atoms with Gasteiger partial charge >= 0.3 is 6.09 Å². The van der Waals surface area contributed by atoms with Gasteiger partial charge in [-0.1, -0.05) is 80.4 Å². The smallest absolute Gasteiger partial charge is 0.402 e. The summed E-state index contributed by atoms with van der Waals surface area (Å²) in [5, 5.41) is 3.41. The lowest BCUT2D eigenvalue weighted by Gasteiger charge is -2.48. The Kier molecular flexibility index (Phi) is 11.3. The Labute approximate surface area is 287 Å². The van der Waals surface area contributed by atoms with Crippen molar-refractivity contribution in [3.8, 4) is 29.8 Å². The van der Waals surface area contributed by atoms with Crippen LogP contribution >= 0.6 is 0 Å². The number of aromatic nitrogens is 3. The van der Waals surface area contributed by atoms with Crippen LogP contribution in [0.3, 0.4) is 0 Å². The summed E-state index contributed by atoms with van der Waals surface area (Å²) < 4.78 is 7.71. The van der Waals surface area contributed by atoms with Crippen LogP contribution in [0.5, 0.6) is 5.88 Å². The number of hydrogen-bond donors (Lipinski definition) is 1. The van der Waals surface area contributed by atoms with Gasteiger partial charge in [0.2, 0.25) is 5.88 Å². The van der Waals surface area contributed by atoms with Gasteiger partial charge in [-0.2, -0.15) is 4.89 Å². The average Bonchev–Trinajstić information content (AvgIpc) is 3.53. The Hall–Kier alpha value is -3.95. The first-order chi connectivity index (χ1) is 22.4. The van der Waals surface area contributed by atoms with Crippen LogP contribution in [-0.2, 0) is 21.6 Å². The second-order valence-electron chi connectivity index (χ2n) is 16.4. The number of ether oxygens (including phenoxy) is 1. The molecule has 1 aliphatic rings. The number of rotatable bonds is 10. The monoisotopic (exact) mass is 657 g/mol. The molecule has 9 nitrogen and oxygen atoms in total. The van der Waals surface area contributed by atoms with Gasteiger partial charge in [0.15, 0.2) is 11.9 Å². The first kappa shape index (κ1) is 36.9. The van der Waals surface area contributed by atoms with E-state index in [0.717, 1.165) is 29.5 Å². The molecule has 0 spiro atoms. The maximum atomic E-state index is 13.4. The number of terminal acetylenes is 1. The van der Waals surface area contributed by atoms with Crippen LogP contribution in [0.4, 0.5) is 10.5 Å². The number of nitrogens with zero attached hydrogens (tertiary/aromatic N) is 4. The first-order valence-corrected chi connectivity index (χ1v) is 17.2. The lowest BCUT2D eigenvalue weighted by molar-refractivity contribution is -0.236. The second kappa shape index (κ2) is 14.7. The number of aromatic amines is 1. The van der Waals surface area contributed by atoms with Gasteiger partial charge in [0.25, 0.3) is 5.69 Å². The topological polar surface area (TPSA) is 85.5 Å². The molecule has 4 rings (SSSR count). The quantitative estimate of drug-likeness (QED) is 0.0772. The minimum atomic E-state index is -0.631. The molecule has 0 radical (unpaired) electrons. The molecule has 2 aromatic heterocycles. The molecule has 1 aromatic carbocycles. The maximum Gasteiger partial charge on any atom is 0.415 e. The average molecular weight is 658 g/mol. The molecule has 1 aliphatic carbocycles. The largest absolute Gasteiger partial charge is 0.415 e. The molecule has 3 aromatic rings. The van der Waals surface area contributed by atoms with Gasteiger partial charge in [-0.3, -0.25) is 9.99 Å². The van der Waals surface area contributed by atoms with Gasteiger partial charge in [0.05, 0.1) is 13.1 Å². The Morgan fingerprint density at radius 2 is 1.92 bits per heavy atom. The van der Waals surface area contributed by atoms with Crippen molar-refractivity contribution in [1.82, 2.24) is 19.5 Å². The zero-order chi connectivity index (χ0) is 35.6. The second-order valence-corrected chi connectivity index (χ2v) is 16.4. The normalized spacial score (nSPS) is 20.0. The minimum absolute atomic E-state index is 0.0521. The molecule has 48 heavy (non-hydrogen) atoms. The van der Waals surface area contributed by atoms with Crippen LogP contribution in [-0.4, -0.2) is 45.8 Å². The Morgan fingerprint density at radius 1 is 1.21 bits per heavy atom. The zero-order valence-electron chi connectivity index (χ0n) is 30.9. The van der Waals surface area contributed by atoms with E-state index >= 15 is 0 Å². The van der Waals surface area contributed by atoms with Gasteiger partial charge in [-0.05, 0) is 90.7 Å². The Bertz CT molecular complexity index is 1670. The summed E-state index contributed by atoms with van der Waals surface area (Å²) in [6.45, 7) is 31.3. The van der Waals surface area contributed by atoms with Crippen LogP contribution in [0.1, 0.15) is 98.3 Å². The summed E-state index contributed by atoms with van der Waals surface area (Å²) in [5.74, 6) is 3.33. The minimum Gasteiger partial charge on any atom is -0.402 e. The Balaban J connectivity index is 1.87. The molecule has 9 heteroatoms. The van der Waals surface area contributed by atoms with Gasteiger partial charge in [-0.15, -0.1) is 0 Å². The van der Waals surface area contributed by atoms with Crippen molar-refractivity contribution in [3.63, 3.8) is 0 Å². The van der Waals surface area contributed by atoms with Gasteiger partial charge in [-0.25, -0.2) is 19.1 Å². The van der Waals surface area contributed by atoms with E-state index in [1.165, 1.54) is 16.9 Å². The van der Waals surface area contributed by atoms with E-state index < -0.39 is 6.09 Å². The molecule has 1 N–H and O–H groups in total. The van der Waals surface area contributed by atoms with Crippen molar-refractivity contribution in [1.29, 1.82) is 0 Å². The highest BCUT2D eigenvalue weighted by atomic mass is 17.2. The number of aryl methyl sites for hydroxylation is 1. The number of hydrogen-bond acceptors (Lipinski definition) is 5. The highest BCUT2D eigenvalue weighted by molar-refractivity contribution is 5.80. The summed E-state index contributed by atoms with van der Waals surface area (Å²) in [7, 11) is 1.59. The van der Waals surface area contributed by atoms with Crippen molar-refractivity contribution in [3.05, 3.63) is 46.3 Å². The highest BCUT2D eigenvalue weighted by Gasteiger charge is 2.43. The molecule has 4 unspecified atom stereocenters. The van der Waals surface area contributed by atoms with Crippen LogP contribution in [0.15, 0.2) is 18.2 Å². The lowest BCUT2D eigenvalue weighted by Crippen LogP contribution is -2.40. The van der Waals surface area contributed by atoms with Gasteiger partial charge in [0, 0.05) is 18.2 Å². The molecule has 260 valence electrons. The number of nitrogens with one attached hydrogen (secondary N) is 1. The van der Waals surface area contributed by atoms with Crippen LogP contribution in [0.2, 0.25) is 0 Å². The summed E-state index contributed by atoms with van der Waals surface area (Å²) in [6.07, 6.45) is 10.5. The van der Waals surface area contributed by atoms with Crippen molar-refractivity contribution in [2.75, 3.05) is 20.2 Å². The van der Waals surface area contributed by atoms with E-state index in [1.807, 2.05) is 6.11 Å². The third-order valence-electron chi connectivity index (χ3n) is 9.86. The zero-order valence-corrected chi connectivity index (χ0v) is 30.9. The fourth-order valence-electron chi connectivity index (χ4n) is 7.55. The molecule has 4 atom stereocenters. The fourth-order valence-corrected chi connectivity index (χ4v) is 7.55. The molecular weight excluding hydrogens is 602 g/mol. The van der Waals surface area contributed by atoms with Crippen molar-refractivity contribution in [2.45, 2.75) is 100 Å². The number of carbonyl (C=O) groups excluding carboxylic acids is 1. The van der Waals surface area contributed by atoms with Crippen LogP contribution in [0, 0.1) is 61.0 Å². The summed E-state index contributed by atoms with van der Waals surface area (Å²) >= 11 is 0. The molecule has 0 saturated heterocycles. The van der Waals surface area contributed by atoms with Crippen molar-refractivity contribution < 1.29 is 19.3 Å². The van der Waals surface area contributed by atoms with Crippen LogP contribution < -0.4 is 4.74 Å². The first-order valence-electron chi connectivity index (χ1n) is 17.2. The van der Waals surface area contributed by atoms with E-state index in [1.54, 1.807) is 11.6 Å². The maximum absolute atomic E-state index is 13.4. The lowest BCUT2D eigenvalue weighted by atomic mass is 9.57. The fraction of sp³-hybridized carbons (Fsp3) is 0.615. The Morgan fingerprint density at radius 3 is 2.52 bits per heavy atom. The number of fused-ring (bicyclic) bond motifs is 1. The number of benzene rings is 1. The van der Waals surface area contributed by atoms with E-state index in [-0.39, 0.29) is 29.9 Å². The molecule has 1 saturated carbocycles. The van der Waals surface area contributed by atoms with E-state index in [2.05, 4.69) is 102 Å². The van der Waals surface area contributed by atoms with Crippen LogP contribution in [0.25, 0.3) is 21.9 Å².